The fourth-order valence-corrected chi connectivity index (χ4v) is 1.57. The number of carbonyl (C=O) groups excluding carboxylic acids is 1. The number of rotatable bonds is 2. The van der Waals surface area contributed by atoms with E-state index in [0.29, 0.717) is 5.69 Å². The molecule has 0 fully saturated rings. The first-order valence-electron chi connectivity index (χ1n) is 5.00. The molecule has 1 aromatic carbocycles. The SMILES string of the molecule is Cc1ccc(-c2cccnc2C(N)=O)cc1. The molecule has 3 heteroatoms. The van der Waals surface area contributed by atoms with Gasteiger partial charge in [0.2, 0.25) is 0 Å². The van der Waals surface area contributed by atoms with E-state index in [1.807, 2.05) is 37.3 Å². The zero-order chi connectivity index (χ0) is 11.5. The molecule has 0 radical (unpaired) electrons. The maximum atomic E-state index is 11.2. The van der Waals surface area contributed by atoms with Crippen LogP contribution in [0.4, 0.5) is 0 Å². The molecule has 0 saturated heterocycles. The molecule has 0 saturated carbocycles. The predicted molar refractivity (Wildman–Crippen MR) is 62.9 cm³/mol. The molecule has 0 bridgehead atoms. The van der Waals surface area contributed by atoms with Gasteiger partial charge < -0.3 is 5.73 Å². The van der Waals surface area contributed by atoms with Crippen LogP contribution in [0.5, 0.6) is 0 Å². The van der Waals surface area contributed by atoms with E-state index in [4.69, 9.17) is 5.73 Å². The minimum Gasteiger partial charge on any atom is -0.364 e. The van der Waals surface area contributed by atoms with Crippen LogP contribution in [0.3, 0.4) is 0 Å². The van der Waals surface area contributed by atoms with Gasteiger partial charge >= 0.3 is 0 Å². The number of aryl methyl sites for hydroxylation is 1. The normalized spacial score (nSPS) is 10.1. The predicted octanol–water partition coefficient (Wildman–Crippen LogP) is 2.16. The van der Waals surface area contributed by atoms with Crippen LogP contribution in [0, 0.1) is 6.92 Å². The first-order chi connectivity index (χ1) is 7.68. The van der Waals surface area contributed by atoms with Crippen molar-refractivity contribution < 1.29 is 4.79 Å². The number of primary amides is 1. The molecular formula is C13H12N2O. The number of nitrogens with two attached hydrogens (primary N) is 1. The van der Waals surface area contributed by atoms with Crippen molar-refractivity contribution in [3.63, 3.8) is 0 Å². The summed E-state index contributed by atoms with van der Waals surface area (Å²) >= 11 is 0. The first-order valence-corrected chi connectivity index (χ1v) is 5.00. The van der Waals surface area contributed by atoms with Gasteiger partial charge in [-0.3, -0.25) is 9.78 Å². The zero-order valence-electron chi connectivity index (χ0n) is 8.97. The van der Waals surface area contributed by atoms with Gasteiger partial charge in [0.25, 0.3) is 5.91 Å². The number of pyridine rings is 1. The molecule has 16 heavy (non-hydrogen) atoms. The summed E-state index contributed by atoms with van der Waals surface area (Å²) in [5.74, 6) is -0.504. The van der Waals surface area contributed by atoms with Crippen molar-refractivity contribution in [1.82, 2.24) is 4.98 Å². The minimum absolute atomic E-state index is 0.311. The van der Waals surface area contributed by atoms with Crippen LogP contribution in [0.2, 0.25) is 0 Å². The summed E-state index contributed by atoms with van der Waals surface area (Å²) in [6, 6.07) is 11.5. The summed E-state index contributed by atoms with van der Waals surface area (Å²) in [4.78, 5) is 15.2. The molecule has 2 N–H and O–H groups in total. The molecule has 1 heterocycles. The highest BCUT2D eigenvalue weighted by Crippen LogP contribution is 2.22. The van der Waals surface area contributed by atoms with Crippen LogP contribution in [0.25, 0.3) is 11.1 Å². The lowest BCUT2D eigenvalue weighted by atomic mass is 10.0. The van der Waals surface area contributed by atoms with Crippen LogP contribution in [0.15, 0.2) is 42.6 Å². The van der Waals surface area contributed by atoms with E-state index in [2.05, 4.69) is 4.98 Å². The Morgan fingerprint density at radius 2 is 1.88 bits per heavy atom. The number of amides is 1. The zero-order valence-corrected chi connectivity index (χ0v) is 8.97. The van der Waals surface area contributed by atoms with Gasteiger partial charge in [-0.15, -0.1) is 0 Å². The summed E-state index contributed by atoms with van der Waals surface area (Å²) < 4.78 is 0. The summed E-state index contributed by atoms with van der Waals surface area (Å²) in [6.45, 7) is 2.02. The topological polar surface area (TPSA) is 56.0 Å². The van der Waals surface area contributed by atoms with Crippen LogP contribution >= 0.6 is 0 Å². The molecular weight excluding hydrogens is 200 g/mol. The second-order valence-electron chi connectivity index (χ2n) is 3.63. The highest BCUT2D eigenvalue weighted by Gasteiger charge is 2.10. The molecule has 80 valence electrons. The Balaban J connectivity index is 2.55. The second-order valence-corrected chi connectivity index (χ2v) is 3.63. The van der Waals surface area contributed by atoms with E-state index in [1.54, 1.807) is 12.3 Å². The molecule has 1 amide bonds. The maximum absolute atomic E-state index is 11.2. The summed E-state index contributed by atoms with van der Waals surface area (Å²) in [6.07, 6.45) is 1.57. The number of carbonyl (C=O) groups is 1. The van der Waals surface area contributed by atoms with Crippen molar-refractivity contribution >= 4 is 5.91 Å². The van der Waals surface area contributed by atoms with Gasteiger partial charge in [0.05, 0.1) is 0 Å². The Hall–Kier alpha value is -2.16. The van der Waals surface area contributed by atoms with Gasteiger partial charge in [0.1, 0.15) is 5.69 Å². The third-order valence-electron chi connectivity index (χ3n) is 2.40. The van der Waals surface area contributed by atoms with Crippen molar-refractivity contribution in [3.05, 3.63) is 53.9 Å². The number of benzene rings is 1. The standard InChI is InChI=1S/C13H12N2O/c1-9-4-6-10(7-5-9)11-3-2-8-15-12(11)13(14)16/h2-8H,1H3,(H2,14,16). The molecule has 0 aliphatic heterocycles. The highest BCUT2D eigenvalue weighted by atomic mass is 16.1. The van der Waals surface area contributed by atoms with E-state index in [1.165, 1.54) is 5.56 Å². The van der Waals surface area contributed by atoms with Gasteiger partial charge in [-0.25, -0.2) is 0 Å². The molecule has 0 aliphatic carbocycles. The molecule has 3 nitrogen and oxygen atoms in total. The highest BCUT2D eigenvalue weighted by molar-refractivity contribution is 5.97. The Morgan fingerprint density at radius 3 is 2.50 bits per heavy atom. The number of hydrogen-bond acceptors (Lipinski definition) is 2. The molecule has 0 aliphatic rings. The molecule has 0 spiro atoms. The molecule has 2 rings (SSSR count). The molecule has 2 aromatic rings. The van der Waals surface area contributed by atoms with Crippen LogP contribution in [0.1, 0.15) is 16.1 Å². The lowest BCUT2D eigenvalue weighted by Gasteiger charge is -2.05. The second kappa shape index (κ2) is 4.14. The fraction of sp³-hybridized carbons (Fsp3) is 0.0769. The third kappa shape index (κ3) is 1.93. The number of nitrogens with zero attached hydrogens (tertiary/aromatic N) is 1. The van der Waals surface area contributed by atoms with E-state index in [0.717, 1.165) is 11.1 Å². The van der Waals surface area contributed by atoms with Crippen molar-refractivity contribution in [1.29, 1.82) is 0 Å². The average Bonchev–Trinajstić information content (AvgIpc) is 2.30. The minimum atomic E-state index is -0.504. The third-order valence-corrected chi connectivity index (χ3v) is 2.40. The summed E-state index contributed by atoms with van der Waals surface area (Å²) in [5, 5.41) is 0. The average molecular weight is 212 g/mol. The van der Waals surface area contributed by atoms with E-state index >= 15 is 0 Å². The quantitative estimate of drug-likeness (QED) is 0.829. The lowest BCUT2D eigenvalue weighted by molar-refractivity contribution is 0.0996. The smallest absolute Gasteiger partial charge is 0.267 e. The van der Waals surface area contributed by atoms with E-state index in [-0.39, 0.29) is 0 Å². The number of hydrogen-bond donors (Lipinski definition) is 1. The maximum Gasteiger partial charge on any atom is 0.267 e. The largest absolute Gasteiger partial charge is 0.364 e. The fourth-order valence-electron chi connectivity index (χ4n) is 1.57. The molecule has 1 aromatic heterocycles. The Labute approximate surface area is 93.9 Å². The first kappa shape index (κ1) is 10.4. The Bertz CT molecular complexity index is 518. The Kier molecular flexibility index (Phi) is 2.68. The van der Waals surface area contributed by atoms with Gasteiger partial charge in [-0.05, 0) is 18.6 Å². The molecule has 0 atom stereocenters. The van der Waals surface area contributed by atoms with Crippen LogP contribution < -0.4 is 5.73 Å². The van der Waals surface area contributed by atoms with Gasteiger partial charge in [0.15, 0.2) is 0 Å². The van der Waals surface area contributed by atoms with Crippen LogP contribution in [-0.2, 0) is 0 Å². The number of aromatic nitrogens is 1. The van der Waals surface area contributed by atoms with Crippen molar-refractivity contribution in [2.75, 3.05) is 0 Å². The van der Waals surface area contributed by atoms with Crippen molar-refractivity contribution in [3.8, 4) is 11.1 Å². The molecule has 0 unspecified atom stereocenters. The Morgan fingerprint density at radius 1 is 1.19 bits per heavy atom. The monoisotopic (exact) mass is 212 g/mol. The van der Waals surface area contributed by atoms with Gasteiger partial charge in [-0.2, -0.15) is 0 Å². The van der Waals surface area contributed by atoms with Crippen molar-refractivity contribution in [2.24, 2.45) is 5.73 Å². The van der Waals surface area contributed by atoms with Gasteiger partial charge in [-0.1, -0.05) is 35.9 Å². The van der Waals surface area contributed by atoms with Gasteiger partial charge in [0, 0.05) is 11.8 Å². The summed E-state index contributed by atoms with van der Waals surface area (Å²) in [7, 11) is 0. The van der Waals surface area contributed by atoms with E-state index < -0.39 is 5.91 Å². The van der Waals surface area contributed by atoms with Crippen LogP contribution in [-0.4, -0.2) is 10.9 Å². The van der Waals surface area contributed by atoms with Crippen molar-refractivity contribution in [2.45, 2.75) is 6.92 Å². The summed E-state index contributed by atoms with van der Waals surface area (Å²) in [5.41, 5.74) is 8.49. The lowest BCUT2D eigenvalue weighted by Crippen LogP contribution is -2.14. The van der Waals surface area contributed by atoms with E-state index in [9.17, 15) is 4.79 Å².